The highest BCUT2D eigenvalue weighted by atomic mass is 35.5. The molecule has 5 nitrogen and oxygen atoms in total. The third-order valence-electron chi connectivity index (χ3n) is 3.46. The molecular weight excluding hydrogens is 314 g/mol. The van der Waals surface area contributed by atoms with Gasteiger partial charge in [-0.05, 0) is 55.3 Å². The van der Waals surface area contributed by atoms with Gasteiger partial charge in [-0.1, -0.05) is 17.7 Å². The van der Waals surface area contributed by atoms with Gasteiger partial charge in [0, 0.05) is 10.6 Å². The second-order valence-electron chi connectivity index (χ2n) is 5.20. The average molecular weight is 332 g/mol. The summed E-state index contributed by atoms with van der Waals surface area (Å²) in [5.74, 6) is -0.632. The Balaban J connectivity index is 2.26. The summed E-state index contributed by atoms with van der Waals surface area (Å²) < 4.78 is 0. The SMILES string of the molecule is Cc1ccc(C(=O)Nc2ccc(Cl)cc2NC(=O)CN)cc1C. The largest absolute Gasteiger partial charge is 0.323 e. The fraction of sp³-hybridized carbons (Fsp3) is 0.176. The maximum atomic E-state index is 12.4. The Kier molecular flexibility index (Phi) is 5.36. The highest BCUT2D eigenvalue weighted by Crippen LogP contribution is 2.26. The van der Waals surface area contributed by atoms with Crippen LogP contribution in [0, 0.1) is 13.8 Å². The zero-order valence-electron chi connectivity index (χ0n) is 12.9. The minimum atomic E-state index is -0.367. The molecular formula is C17H18ClN3O2. The topological polar surface area (TPSA) is 84.2 Å². The van der Waals surface area contributed by atoms with E-state index in [-0.39, 0.29) is 18.4 Å². The van der Waals surface area contributed by atoms with Gasteiger partial charge in [0.1, 0.15) is 0 Å². The number of hydrogen-bond donors (Lipinski definition) is 3. The first kappa shape index (κ1) is 17.0. The van der Waals surface area contributed by atoms with Crippen LogP contribution < -0.4 is 16.4 Å². The van der Waals surface area contributed by atoms with Crippen molar-refractivity contribution < 1.29 is 9.59 Å². The van der Waals surface area contributed by atoms with Gasteiger partial charge in [-0.15, -0.1) is 0 Å². The van der Waals surface area contributed by atoms with Gasteiger partial charge in [-0.3, -0.25) is 9.59 Å². The molecule has 2 aromatic rings. The summed E-state index contributed by atoms with van der Waals surface area (Å²) in [7, 11) is 0. The number of nitrogens with one attached hydrogen (secondary N) is 2. The van der Waals surface area contributed by atoms with Crippen LogP contribution in [0.5, 0.6) is 0 Å². The van der Waals surface area contributed by atoms with E-state index in [2.05, 4.69) is 10.6 Å². The lowest BCUT2D eigenvalue weighted by atomic mass is 10.1. The first-order valence-corrected chi connectivity index (χ1v) is 7.46. The lowest BCUT2D eigenvalue weighted by Gasteiger charge is -2.13. The lowest BCUT2D eigenvalue weighted by Crippen LogP contribution is -2.23. The Morgan fingerprint density at radius 3 is 2.39 bits per heavy atom. The molecule has 0 heterocycles. The molecule has 0 aliphatic carbocycles. The van der Waals surface area contributed by atoms with Crippen LogP contribution in [-0.4, -0.2) is 18.4 Å². The van der Waals surface area contributed by atoms with Crippen molar-refractivity contribution in [3.05, 3.63) is 58.1 Å². The Morgan fingerprint density at radius 2 is 1.74 bits per heavy atom. The van der Waals surface area contributed by atoms with Crippen molar-refractivity contribution in [3.8, 4) is 0 Å². The van der Waals surface area contributed by atoms with E-state index in [0.717, 1.165) is 11.1 Å². The van der Waals surface area contributed by atoms with Crippen molar-refractivity contribution in [2.75, 3.05) is 17.2 Å². The number of benzene rings is 2. The first-order valence-electron chi connectivity index (χ1n) is 7.09. The normalized spacial score (nSPS) is 10.3. The Morgan fingerprint density at radius 1 is 1.00 bits per heavy atom. The van der Waals surface area contributed by atoms with Gasteiger partial charge in [0.2, 0.25) is 5.91 Å². The van der Waals surface area contributed by atoms with E-state index in [0.29, 0.717) is 22.0 Å². The monoisotopic (exact) mass is 331 g/mol. The van der Waals surface area contributed by atoms with Gasteiger partial charge in [-0.25, -0.2) is 0 Å². The highest BCUT2D eigenvalue weighted by molar-refractivity contribution is 6.31. The van der Waals surface area contributed by atoms with Crippen LogP contribution in [0.15, 0.2) is 36.4 Å². The van der Waals surface area contributed by atoms with Crippen molar-refractivity contribution in [1.82, 2.24) is 0 Å². The molecule has 0 unspecified atom stereocenters. The van der Waals surface area contributed by atoms with Crippen molar-refractivity contribution in [2.24, 2.45) is 5.73 Å². The lowest BCUT2D eigenvalue weighted by molar-refractivity contribution is -0.114. The summed E-state index contributed by atoms with van der Waals surface area (Å²) in [6.07, 6.45) is 0. The number of amides is 2. The van der Waals surface area contributed by atoms with Gasteiger partial charge < -0.3 is 16.4 Å². The standard InChI is InChI=1S/C17H18ClN3O2/c1-10-3-4-12(7-11(10)2)17(23)21-14-6-5-13(18)8-15(14)20-16(22)9-19/h3-8H,9,19H2,1-2H3,(H,20,22)(H,21,23). The molecule has 6 heteroatoms. The zero-order chi connectivity index (χ0) is 17.0. The van der Waals surface area contributed by atoms with Gasteiger partial charge in [-0.2, -0.15) is 0 Å². The molecule has 0 aliphatic rings. The number of aryl methyl sites for hydroxylation is 2. The summed E-state index contributed by atoms with van der Waals surface area (Å²) in [6, 6.07) is 10.3. The number of halogens is 1. The Labute approximate surface area is 139 Å². The Hall–Kier alpha value is -2.37. The summed E-state index contributed by atoms with van der Waals surface area (Å²) in [5.41, 5.74) is 8.85. The van der Waals surface area contributed by atoms with E-state index in [4.69, 9.17) is 17.3 Å². The third-order valence-corrected chi connectivity index (χ3v) is 3.69. The molecule has 0 saturated carbocycles. The van der Waals surface area contributed by atoms with Crippen molar-refractivity contribution >= 4 is 34.8 Å². The van der Waals surface area contributed by atoms with Crippen LogP contribution in [0.25, 0.3) is 0 Å². The molecule has 0 fully saturated rings. The molecule has 23 heavy (non-hydrogen) atoms. The molecule has 2 rings (SSSR count). The average Bonchev–Trinajstić information content (AvgIpc) is 2.52. The van der Waals surface area contributed by atoms with Crippen LogP contribution in [0.4, 0.5) is 11.4 Å². The highest BCUT2D eigenvalue weighted by Gasteiger charge is 2.12. The fourth-order valence-corrected chi connectivity index (χ4v) is 2.18. The second kappa shape index (κ2) is 7.26. The number of carbonyl (C=O) groups excluding carboxylic acids is 2. The molecule has 0 atom stereocenters. The van der Waals surface area contributed by atoms with Crippen LogP contribution in [-0.2, 0) is 4.79 Å². The smallest absolute Gasteiger partial charge is 0.255 e. The molecule has 2 aromatic carbocycles. The van der Waals surface area contributed by atoms with Crippen molar-refractivity contribution in [1.29, 1.82) is 0 Å². The van der Waals surface area contributed by atoms with E-state index in [9.17, 15) is 9.59 Å². The number of nitrogens with two attached hydrogens (primary N) is 1. The second-order valence-corrected chi connectivity index (χ2v) is 5.63. The quantitative estimate of drug-likeness (QED) is 0.804. The molecule has 0 aliphatic heterocycles. The molecule has 120 valence electrons. The summed E-state index contributed by atoms with van der Waals surface area (Å²) in [6.45, 7) is 3.77. The van der Waals surface area contributed by atoms with Gasteiger partial charge >= 0.3 is 0 Å². The van der Waals surface area contributed by atoms with Crippen LogP contribution in [0.3, 0.4) is 0 Å². The fourth-order valence-electron chi connectivity index (χ4n) is 2.01. The third kappa shape index (κ3) is 4.31. The predicted molar refractivity (Wildman–Crippen MR) is 93.0 cm³/mol. The van der Waals surface area contributed by atoms with Crippen LogP contribution in [0.2, 0.25) is 5.02 Å². The number of anilines is 2. The van der Waals surface area contributed by atoms with Crippen molar-refractivity contribution in [2.45, 2.75) is 13.8 Å². The zero-order valence-corrected chi connectivity index (χ0v) is 13.7. The van der Waals surface area contributed by atoms with E-state index < -0.39 is 0 Å². The molecule has 2 amide bonds. The maximum absolute atomic E-state index is 12.4. The molecule has 0 bridgehead atoms. The minimum Gasteiger partial charge on any atom is -0.323 e. The molecule has 0 saturated heterocycles. The van der Waals surface area contributed by atoms with E-state index in [1.54, 1.807) is 24.3 Å². The number of carbonyl (C=O) groups is 2. The van der Waals surface area contributed by atoms with Gasteiger partial charge in [0.25, 0.3) is 5.91 Å². The molecule has 0 radical (unpaired) electrons. The van der Waals surface area contributed by atoms with Crippen LogP contribution >= 0.6 is 11.6 Å². The summed E-state index contributed by atoms with van der Waals surface area (Å²) in [4.78, 5) is 23.9. The Bertz CT molecular complexity index is 759. The van der Waals surface area contributed by atoms with Gasteiger partial charge in [0.15, 0.2) is 0 Å². The van der Waals surface area contributed by atoms with Gasteiger partial charge in [0.05, 0.1) is 17.9 Å². The predicted octanol–water partition coefficient (Wildman–Crippen LogP) is 3.11. The molecule has 0 spiro atoms. The number of hydrogen-bond acceptors (Lipinski definition) is 3. The number of rotatable bonds is 4. The summed E-state index contributed by atoms with van der Waals surface area (Å²) in [5, 5.41) is 5.84. The molecule has 4 N–H and O–H groups in total. The maximum Gasteiger partial charge on any atom is 0.255 e. The molecule has 0 aromatic heterocycles. The van der Waals surface area contributed by atoms with Crippen molar-refractivity contribution in [3.63, 3.8) is 0 Å². The van der Waals surface area contributed by atoms with E-state index >= 15 is 0 Å². The van der Waals surface area contributed by atoms with E-state index in [1.165, 1.54) is 0 Å². The summed E-state index contributed by atoms with van der Waals surface area (Å²) >= 11 is 5.94. The first-order chi connectivity index (χ1) is 10.9. The van der Waals surface area contributed by atoms with E-state index in [1.807, 2.05) is 26.0 Å². The van der Waals surface area contributed by atoms with Crippen LogP contribution in [0.1, 0.15) is 21.5 Å². The minimum absolute atomic E-state index is 0.156.